The normalized spacial score (nSPS) is 17.9. The summed E-state index contributed by atoms with van der Waals surface area (Å²) in [4.78, 5) is 10.9. The van der Waals surface area contributed by atoms with Gasteiger partial charge >= 0.3 is 5.97 Å². The molecule has 22 heavy (non-hydrogen) atoms. The van der Waals surface area contributed by atoms with Crippen molar-refractivity contribution in [1.82, 2.24) is 0 Å². The number of allylic oxidation sites excluding steroid dienone is 1. The van der Waals surface area contributed by atoms with Crippen LogP contribution in [0.3, 0.4) is 0 Å². The second kappa shape index (κ2) is 9.38. The fourth-order valence-corrected chi connectivity index (χ4v) is 2.94. The Labute approximate surface area is 143 Å². The number of carbonyl (C=O) groups is 1. The van der Waals surface area contributed by atoms with E-state index in [-0.39, 0.29) is 25.0 Å². The monoisotopic (exact) mass is 362 g/mol. The summed E-state index contributed by atoms with van der Waals surface area (Å²) in [5.74, 6) is -1.31. The zero-order valence-corrected chi connectivity index (χ0v) is 13.6. The van der Waals surface area contributed by atoms with E-state index in [0.717, 1.165) is 6.08 Å². The quantitative estimate of drug-likeness (QED) is 0.502. The molecule has 0 aromatic carbocycles. The summed E-state index contributed by atoms with van der Waals surface area (Å²) < 4.78 is 0. The molecular formula is C13H13Cl3N4O2. The smallest absolute Gasteiger partial charge is 0.330 e. The fourth-order valence-electron chi connectivity index (χ4n) is 2.06. The molecule has 0 radical (unpaired) electrons. The van der Waals surface area contributed by atoms with Gasteiger partial charge in [0.15, 0.2) is 0 Å². The lowest BCUT2D eigenvalue weighted by molar-refractivity contribution is -0.131. The van der Waals surface area contributed by atoms with Crippen molar-refractivity contribution in [2.75, 3.05) is 0 Å². The van der Waals surface area contributed by atoms with Crippen LogP contribution in [0.1, 0.15) is 19.3 Å². The number of aliphatic carboxylic acids is 1. The van der Waals surface area contributed by atoms with Crippen LogP contribution >= 0.6 is 34.8 Å². The van der Waals surface area contributed by atoms with E-state index < -0.39 is 27.5 Å². The zero-order chi connectivity index (χ0) is 17.3. The number of hydrogen-bond acceptors (Lipinski definition) is 5. The minimum atomic E-state index is -1.31. The highest BCUT2D eigenvalue weighted by Crippen LogP contribution is 2.42. The first kappa shape index (κ1) is 20.3. The number of halogens is 3. The Bertz CT molecular complexity index is 504. The van der Waals surface area contributed by atoms with Crippen molar-refractivity contribution in [3.63, 3.8) is 0 Å². The van der Waals surface area contributed by atoms with Crippen LogP contribution in [-0.2, 0) is 4.79 Å². The maximum atomic E-state index is 10.9. The van der Waals surface area contributed by atoms with E-state index in [4.69, 9.17) is 61.4 Å². The predicted molar refractivity (Wildman–Crippen MR) is 82.0 cm³/mol. The first-order valence-corrected chi connectivity index (χ1v) is 7.33. The first-order chi connectivity index (χ1) is 10.2. The molecule has 9 heteroatoms. The van der Waals surface area contributed by atoms with Crippen molar-refractivity contribution in [3.05, 3.63) is 11.8 Å². The molecular weight excluding hydrogens is 351 g/mol. The number of nitriles is 3. The van der Waals surface area contributed by atoms with Crippen LogP contribution in [0.4, 0.5) is 0 Å². The lowest BCUT2D eigenvalue weighted by Gasteiger charge is -2.35. The molecule has 118 valence electrons. The summed E-state index contributed by atoms with van der Waals surface area (Å²) in [5.41, 5.74) is 4.46. The van der Waals surface area contributed by atoms with Gasteiger partial charge in [-0.3, -0.25) is 0 Å². The number of nitrogens with zero attached hydrogens (tertiary/aromatic N) is 3. The Balaban J connectivity index is 5.90. The second-order valence-electron chi connectivity index (χ2n) is 4.62. The number of rotatable bonds is 8. The van der Waals surface area contributed by atoms with E-state index in [2.05, 4.69) is 0 Å². The van der Waals surface area contributed by atoms with Crippen LogP contribution in [0.5, 0.6) is 0 Å². The van der Waals surface area contributed by atoms with Gasteiger partial charge in [0.1, 0.15) is 16.1 Å². The van der Waals surface area contributed by atoms with Gasteiger partial charge in [-0.25, -0.2) is 4.79 Å². The number of nitrogens with two attached hydrogens (primary N) is 1. The maximum Gasteiger partial charge on any atom is 0.330 e. The molecule has 0 saturated heterocycles. The minimum absolute atomic E-state index is 0.0868. The van der Waals surface area contributed by atoms with E-state index in [0.29, 0.717) is 0 Å². The van der Waals surface area contributed by atoms with Gasteiger partial charge in [0, 0.05) is 17.2 Å². The molecule has 3 N–H and O–H groups in total. The summed E-state index contributed by atoms with van der Waals surface area (Å²) in [5, 5.41) is 32.5. The summed E-state index contributed by atoms with van der Waals surface area (Å²) in [6.45, 7) is 0. The van der Waals surface area contributed by atoms with Gasteiger partial charge in [0.05, 0.1) is 18.2 Å². The minimum Gasteiger partial charge on any atom is -0.478 e. The standard InChI is InChI=1S/C13H13Cl3N4O2/c14-8(5-17)2-13(3-9(15)6-18,4-10(16)7-19)11(20)1-12(21)22/h1,8-10H,2-4,20H2,(H,21,22)/b11-1-. The van der Waals surface area contributed by atoms with Gasteiger partial charge in [-0.2, -0.15) is 15.8 Å². The molecule has 0 aromatic rings. The van der Waals surface area contributed by atoms with E-state index in [9.17, 15) is 4.79 Å². The lowest BCUT2D eigenvalue weighted by Crippen LogP contribution is -2.36. The van der Waals surface area contributed by atoms with E-state index in [1.54, 1.807) is 18.2 Å². The Hall–Kier alpha value is -1.65. The van der Waals surface area contributed by atoms with Gasteiger partial charge in [0.25, 0.3) is 0 Å². The molecule has 6 nitrogen and oxygen atoms in total. The topological polar surface area (TPSA) is 135 Å². The number of hydrogen-bond donors (Lipinski definition) is 2. The van der Waals surface area contributed by atoms with E-state index in [1.807, 2.05) is 0 Å². The Kier molecular flexibility index (Phi) is 8.68. The van der Waals surface area contributed by atoms with Crippen molar-refractivity contribution >= 4 is 40.8 Å². The van der Waals surface area contributed by atoms with Gasteiger partial charge in [-0.05, 0) is 19.3 Å². The highest BCUT2D eigenvalue weighted by molar-refractivity contribution is 6.23. The van der Waals surface area contributed by atoms with Crippen molar-refractivity contribution in [1.29, 1.82) is 15.8 Å². The second-order valence-corrected chi connectivity index (χ2v) is 6.20. The molecule has 3 atom stereocenters. The summed E-state index contributed by atoms with van der Waals surface area (Å²) in [6.07, 6.45) is 0.479. The van der Waals surface area contributed by atoms with Crippen molar-refractivity contribution in [2.45, 2.75) is 35.4 Å². The molecule has 0 aliphatic carbocycles. The maximum absolute atomic E-state index is 10.9. The third-order valence-electron chi connectivity index (χ3n) is 3.02. The molecule has 0 aromatic heterocycles. The highest BCUT2D eigenvalue weighted by Gasteiger charge is 2.39. The molecule has 0 bridgehead atoms. The summed E-state index contributed by atoms with van der Waals surface area (Å²) in [7, 11) is 0. The van der Waals surface area contributed by atoms with E-state index in [1.165, 1.54) is 0 Å². The molecule has 0 aliphatic rings. The van der Waals surface area contributed by atoms with Gasteiger partial charge in [-0.1, -0.05) is 0 Å². The van der Waals surface area contributed by atoms with Crippen molar-refractivity contribution in [3.8, 4) is 18.2 Å². The molecule has 0 heterocycles. The van der Waals surface area contributed by atoms with Crippen LogP contribution < -0.4 is 5.73 Å². The molecule has 3 unspecified atom stereocenters. The van der Waals surface area contributed by atoms with Gasteiger partial charge in [-0.15, -0.1) is 34.8 Å². The largest absolute Gasteiger partial charge is 0.478 e. The van der Waals surface area contributed by atoms with E-state index >= 15 is 0 Å². The van der Waals surface area contributed by atoms with Gasteiger partial charge in [0.2, 0.25) is 0 Å². The fraction of sp³-hybridized carbons (Fsp3) is 0.538. The summed E-state index contributed by atoms with van der Waals surface area (Å²) >= 11 is 17.5. The molecule has 0 aliphatic heterocycles. The average molecular weight is 364 g/mol. The Morgan fingerprint density at radius 2 is 1.36 bits per heavy atom. The van der Waals surface area contributed by atoms with Crippen LogP contribution in [-0.4, -0.2) is 27.2 Å². The van der Waals surface area contributed by atoms with Crippen molar-refractivity contribution < 1.29 is 9.90 Å². The number of carboxylic acid groups (broad SMARTS) is 1. The van der Waals surface area contributed by atoms with Crippen LogP contribution in [0.2, 0.25) is 0 Å². The molecule has 0 amide bonds. The first-order valence-electron chi connectivity index (χ1n) is 6.02. The zero-order valence-electron chi connectivity index (χ0n) is 11.3. The highest BCUT2D eigenvalue weighted by atomic mass is 35.5. The molecule has 0 saturated carbocycles. The lowest BCUT2D eigenvalue weighted by atomic mass is 9.72. The van der Waals surface area contributed by atoms with Crippen molar-refractivity contribution in [2.24, 2.45) is 11.1 Å². The molecule has 0 rings (SSSR count). The predicted octanol–water partition coefficient (Wildman–Crippen LogP) is 2.46. The van der Waals surface area contributed by atoms with Crippen LogP contribution in [0, 0.1) is 39.4 Å². The summed E-state index contributed by atoms with van der Waals surface area (Å²) in [6, 6.07) is 5.38. The van der Waals surface area contributed by atoms with Crippen LogP contribution in [0.25, 0.3) is 0 Å². The average Bonchev–Trinajstić information content (AvgIpc) is 2.45. The number of alkyl halides is 3. The third kappa shape index (κ3) is 6.41. The Morgan fingerprint density at radius 3 is 1.59 bits per heavy atom. The molecule has 0 spiro atoms. The van der Waals surface area contributed by atoms with Crippen LogP contribution in [0.15, 0.2) is 11.8 Å². The third-order valence-corrected chi connectivity index (χ3v) is 3.78. The molecule has 0 fully saturated rings. The number of carboxylic acids is 1. The Morgan fingerprint density at radius 1 is 1.05 bits per heavy atom. The van der Waals surface area contributed by atoms with Gasteiger partial charge < -0.3 is 10.8 Å². The SMILES string of the molecule is N#CC(Cl)CC(CC(Cl)C#N)(CC(Cl)C#N)/C(N)=C/C(=O)O.